The average Bonchev–Trinajstić information content (AvgIpc) is 3.58. The molecule has 215 valence electrons. The number of carbonyl (C=O) groups is 2. The van der Waals surface area contributed by atoms with Crippen molar-refractivity contribution in [2.24, 2.45) is 9.98 Å². The van der Waals surface area contributed by atoms with Crippen LogP contribution in [0.25, 0.3) is 30.4 Å². The summed E-state index contributed by atoms with van der Waals surface area (Å²) in [6, 6.07) is 0. The van der Waals surface area contributed by atoms with Crippen molar-refractivity contribution in [3.8, 4) is 0 Å². The Hall–Kier alpha value is -4.18. The maximum atomic E-state index is 11.8. The molecule has 0 saturated carbocycles. The monoisotopic (exact) mass is 680 g/mol. The van der Waals surface area contributed by atoms with Crippen LogP contribution in [-0.2, 0) is 16.0 Å². The second kappa shape index (κ2) is 10.8. The minimum absolute atomic E-state index is 0.00195. The first-order chi connectivity index (χ1) is 20.5. The number of allylic oxidation sites excluding steroid dienone is 5. The zero-order valence-corrected chi connectivity index (χ0v) is 27.6. The number of aliphatic imine (C=N–C) groups is 2. The molecule has 8 nitrogen and oxygen atoms in total. The summed E-state index contributed by atoms with van der Waals surface area (Å²) in [6.45, 7) is 16.5. The van der Waals surface area contributed by atoms with Gasteiger partial charge in [-0.05, 0) is 0 Å². The van der Waals surface area contributed by atoms with Crippen molar-refractivity contribution in [2.75, 3.05) is 0 Å². The van der Waals surface area contributed by atoms with Crippen LogP contribution in [0.15, 0.2) is 62.9 Å². The molecule has 2 aromatic rings. The Morgan fingerprint density at radius 3 is 2.09 bits per heavy atom. The van der Waals surface area contributed by atoms with Gasteiger partial charge in [-0.15, -0.1) is 0 Å². The molecule has 0 amide bonds. The first-order valence-corrected chi connectivity index (χ1v) is 16.8. The molecule has 1 radical (unpaired) electrons. The molecule has 0 atom stereocenters. The number of nitrogens with zero attached hydrogens (tertiary/aromatic N) is 4. The molecule has 4 aliphatic rings. The zero-order valence-electron chi connectivity index (χ0n) is 24.7. The fourth-order valence-corrected chi connectivity index (χ4v) is 10.6. The quantitative estimate of drug-likeness (QED) is 0.405. The number of hydrogen-bond acceptors (Lipinski definition) is 4. The number of carboxylic acids is 2. The van der Waals surface area contributed by atoms with E-state index in [1.165, 1.54) is 0 Å². The second-order valence-electron chi connectivity index (χ2n) is 11.1. The van der Waals surface area contributed by atoms with E-state index < -0.39 is 33.6 Å². The third-order valence-electron chi connectivity index (χ3n) is 8.75. The molecule has 0 unspecified atom stereocenters. The Morgan fingerprint density at radius 1 is 0.791 bits per heavy atom. The normalized spacial score (nSPS) is 16.4. The fraction of sp³-hybridized carbons (Fsp3) is 0.235. The van der Waals surface area contributed by atoms with E-state index >= 15 is 0 Å². The summed E-state index contributed by atoms with van der Waals surface area (Å²) in [5.74, 6) is -1.71. The number of rotatable bonds is 8. The predicted octanol–water partition coefficient (Wildman–Crippen LogP) is 4.36. The summed E-state index contributed by atoms with van der Waals surface area (Å²) in [5, 5.41) is 21.1. The first-order valence-electron chi connectivity index (χ1n) is 14.2. The fourth-order valence-electron chi connectivity index (χ4n) is 6.35. The molecule has 2 N–H and O–H groups in total. The van der Waals surface area contributed by atoms with E-state index in [0.29, 0.717) is 12.8 Å². The van der Waals surface area contributed by atoms with Crippen molar-refractivity contribution in [2.45, 2.75) is 53.4 Å². The van der Waals surface area contributed by atoms with Crippen LogP contribution in [0.5, 0.6) is 0 Å². The first kappa shape index (κ1) is 28.9. The van der Waals surface area contributed by atoms with E-state index in [-0.39, 0.29) is 12.8 Å². The maximum absolute atomic E-state index is 11.8. The van der Waals surface area contributed by atoms with E-state index in [0.717, 1.165) is 89.4 Å². The number of aromatic nitrogens is 2. The second-order valence-corrected chi connectivity index (χ2v) is 14.3. The number of aliphatic carboxylic acids is 2. The van der Waals surface area contributed by atoms with E-state index in [1.807, 2.05) is 19.1 Å². The molecular weight excluding hydrogens is 647 g/mol. The van der Waals surface area contributed by atoms with Crippen molar-refractivity contribution in [3.63, 3.8) is 0 Å². The molecule has 0 fully saturated rings. The molecule has 6 rings (SSSR count). The Kier molecular flexibility index (Phi) is 7.28. The summed E-state index contributed by atoms with van der Waals surface area (Å²) >= 11 is -1.70. The van der Waals surface area contributed by atoms with Crippen molar-refractivity contribution in [3.05, 3.63) is 97.3 Å². The van der Waals surface area contributed by atoms with Gasteiger partial charge in [-0.2, -0.15) is 0 Å². The molecule has 0 spiro atoms. The van der Waals surface area contributed by atoms with Crippen molar-refractivity contribution in [1.29, 1.82) is 0 Å². The van der Waals surface area contributed by atoms with Gasteiger partial charge in [0, 0.05) is 0 Å². The van der Waals surface area contributed by atoms with Crippen LogP contribution in [0.4, 0.5) is 0 Å². The van der Waals surface area contributed by atoms with Gasteiger partial charge < -0.3 is 0 Å². The molecule has 9 heteroatoms. The minimum atomic E-state index is -1.70. The van der Waals surface area contributed by atoms with Crippen LogP contribution in [0.3, 0.4) is 0 Å². The van der Waals surface area contributed by atoms with Gasteiger partial charge >= 0.3 is 261 Å². The van der Waals surface area contributed by atoms with Crippen LogP contribution >= 0.6 is 0 Å². The van der Waals surface area contributed by atoms with Gasteiger partial charge in [0.25, 0.3) is 0 Å². The van der Waals surface area contributed by atoms with Gasteiger partial charge in [0.15, 0.2) is 0 Å². The third-order valence-corrected chi connectivity index (χ3v) is 12.6. The topological polar surface area (TPSA) is 109 Å². The van der Waals surface area contributed by atoms with Crippen LogP contribution < -0.4 is 10.7 Å². The Bertz CT molecular complexity index is 2020. The third kappa shape index (κ3) is 4.68. The van der Waals surface area contributed by atoms with Gasteiger partial charge in [0.2, 0.25) is 0 Å². The summed E-state index contributed by atoms with van der Waals surface area (Å²) in [7, 11) is 0. The van der Waals surface area contributed by atoms with Gasteiger partial charge in [-0.3, -0.25) is 0 Å². The zero-order chi connectivity index (χ0) is 30.7. The summed E-state index contributed by atoms with van der Waals surface area (Å²) < 4.78 is 4.81. The molecule has 6 heterocycles. The molecule has 0 saturated heterocycles. The predicted molar refractivity (Wildman–Crippen MR) is 172 cm³/mol. The molecule has 0 aromatic carbocycles. The molecule has 43 heavy (non-hydrogen) atoms. The van der Waals surface area contributed by atoms with Crippen molar-refractivity contribution >= 4 is 75.4 Å². The van der Waals surface area contributed by atoms with E-state index in [9.17, 15) is 19.8 Å². The van der Waals surface area contributed by atoms with Gasteiger partial charge in [0.05, 0.1) is 0 Å². The Balaban J connectivity index is 1.80. The molecule has 2 aromatic heterocycles. The average molecular weight is 679 g/mol. The van der Waals surface area contributed by atoms with Crippen LogP contribution in [0.1, 0.15) is 66.8 Å². The van der Waals surface area contributed by atoms with Gasteiger partial charge in [-0.25, -0.2) is 0 Å². The van der Waals surface area contributed by atoms with Crippen molar-refractivity contribution in [1.82, 2.24) is 5.58 Å². The Labute approximate surface area is 260 Å². The molecule has 4 aliphatic heterocycles. The number of fused-ring (bicyclic) bond motifs is 2. The molecular formula is C34H32N4O4Sn+. The molecule has 6 bridgehead atoms. The van der Waals surface area contributed by atoms with Gasteiger partial charge in [-0.1, -0.05) is 0 Å². The summed E-state index contributed by atoms with van der Waals surface area (Å²) in [4.78, 5) is 33.5. The summed E-state index contributed by atoms with van der Waals surface area (Å²) in [5.41, 5.74) is 13.4. The van der Waals surface area contributed by atoms with Crippen LogP contribution in [-0.4, -0.2) is 60.8 Å². The van der Waals surface area contributed by atoms with Crippen LogP contribution in [0.2, 0.25) is 0 Å². The van der Waals surface area contributed by atoms with E-state index in [1.54, 1.807) is 0 Å². The van der Waals surface area contributed by atoms with Crippen molar-refractivity contribution < 1.29 is 19.8 Å². The van der Waals surface area contributed by atoms with Crippen LogP contribution in [0, 0.1) is 13.8 Å². The summed E-state index contributed by atoms with van der Waals surface area (Å²) in [6.07, 6.45) is 12.9. The Morgan fingerprint density at radius 2 is 1.42 bits per heavy atom. The number of hydrogen-bond donors (Lipinski definition) is 2. The molecule has 0 aliphatic carbocycles. The van der Waals surface area contributed by atoms with E-state index in [4.69, 9.17) is 9.98 Å². The number of carboxylic acid groups (broad SMARTS) is 2. The van der Waals surface area contributed by atoms with E-state index in [2.05, 4.69) is 63.8 Å². The standard InChI is InChI=1S/C34H34N4O4.Sn/c1-7-21-17(3)25-13-26-19(5)23(9-11-33(39)40)31(37-26)16-32-24(10-12-34(41)42)20(6)28(38-32)15-30-22(8-2)18(4)27(36-30)14-29(21)35-25;/h7-8,13-16H,1-2,9-12H2,3-6H3,(H4,35,36,37,38,39,40,41,42);/q;+3/p-2. The SMILES string of the molecule is C=CC1=C(C)C2=Cc3c(C=C)c(C)c4[n]3[Sn+][n]3c(c(C)c(CCC(=O)O)c3=CC3=NC(=C4)C(C)=C3CCC(=O)O)=CC1=N2. The van der Waals surface area contributed by atoms with Gasteiger partial charge in [0.1, 0.15) is 0 Å².